The van der Waals surface area contributed by atoms with E-state index in [0.717, 1.165) is 29.7 Å². The summed E-state index contributed by atoms with van der Waals surface area (Å²) in [6.45, 7) is 4.14. The molecule has 1 aromatic carbocycles. The van der Waals surface area contributed by atoms with Crippen molar-refractivity contribution in [3.8, 4) is 0 Å². The molecule has 18 heavy (non-hydrogen) atoms. The highest BCUT2D eigenvalue weighted by atomic mass is 16.5. The van der Waals surface area contributed by atoms with Crippen LogP contribution in [0.4, 0.5) is 0 Å². The zero-order valence-corrected chi connectivity index (χ0v) is 10.8. The molecule has 2 aromatic rings. The molecular weight excluding hydrogens is 228 g/mol. The molecule has 1 saturated carbocycles. The lowest BCUT2D eigenvalue weighted by Gasteiger charge is -2.08. The van der Waals surface area contributed by atoms with Gasteiger partial charge in [0.05, 0.1) is 18.1 Å². The Bertz CT molecular complexity index is 600. The Kier molecular flexibility index (Phi) is 2.24. The third-order valence-electron chi connectivity index (χ3n) is 3.88. The number of esters is 1. The molecule has 94 valence electrons. The average Bonchev–Trinajstić information content (AvgIpc) is 3.06. The molecule has 4 nitrogen and oxygen atoms in total. The molecule has 4 heteroatoms. The van der Waals surface area contributed by atoms with Gasteiger partial charge in [0.25, 0.3) is 0 Å². The third-order valence-corrected chi connectivity index (χ3v) is 3.88. The van der Waals surface area contributed by atoms with E-state index in [1.165, 1.54) is 18.2 Å². The second kappa shape index (κ2) is 3.57. The molecule has 0 bridgehead atoms. The Morgan fingerprint density at radius 3 is 2.61 bits per heavy atom. The Hall–Kier alpha value is -1.84. The molecule has 0 amide bonds. The summed E-state index contributed by atoms with van der Waals surface area (Å²) in [6.07, 6.45) is 1.63. The van der Waals surface area contributed by atoms with Crippen LogP contribution in [-0.4, -0.2) is 23.0 Å². The number of aromatic nitrogens is 2. The van der Waals surface area contributed by atoms with Crippen LogP contribution in [0.2, 0.25) is 0 Å². The van der Waals surface area contributed by atoms with E-state index in [0.29, 0.717) is 0 Å². The summed E-state index contributed by atoms with van der Waals surface area (Å²) >= 11 is 0. The molecule has 1 aliphatic rings. The maximum Gasteiger partial charge on any atom is 0.319 e. The highest BCUT2D eigenvalue weighted by Gasteiger charge is 2.55. The normalized spacial score (nSPS) is 16.8. The predicted molar refractivity (Wildman–Crippen MR) is 68.5 cm³/mol. The van der Waals surface area contributed by atoms with Crippen molar-refractivity contribution in [3.63, 3.8) is 0 Å². The van der Waals surface area contributed by atoms with E-state index in [-0.39, 0.29) is 5.97 Å². The number of fused-ring (bicyclic) bond motifs is 1. The number of carbonyl (C=O) groups is 1. The Labute approximate surface area is 105 Å². The fourth-order valence-corrected chi connectivity index (χ4v) is 2.35. The molecule has 1 aliphatic carbocycles. The van der Waals surface area contributed by atoms with Crippen molar-refractivity contribution in [1.82, 2.24) is 9.97 Å². The summed E-state index contributed by atoms with van der Waals surface area (Å²) in [5.74, 6) is 0.560. The van der Waals surface area contributed by atoms with Gasteiger partial charge in [0.2, 0.25) is 0 Å². The smallest absolute Gasteiger partial charge is 0.319 e. The minimum absolute atomic E-state index is 0.185. The van der Waals surface area contributed by atoms with Crippen LogP contribution in [-0.2, 0) is 14.9 Å². The molecule has 1 fully saturated rings. The number of aromatic amines is 1. The van der Waals surface area contributed by atoms with E-state index >= 15 is 0 Å². The topological polar surface area (TPSA) is 55.0 Å². The Balaban J connectivity index is 2.12. The van der Waals surface area contributed by atoms with E-state index < -0.39 is 5.41 Å². The Morgan fingerprint density at radius 1 is 1.33 bits per heavy atom. The largest absolute Gasteiger partial charge is 0.468 e. The lowest BCUT2D eigenvalue weighted by molar-refractivity contribution is -0.143. The number of benzene rings is 1. The summed E-state index contributed by atoms with van der Waals surface area (Å²) in [5.41, 5.74) is 3.82. The number of imidazole rings is 1. The van der Waals surface area contributed by atoms with Gasteiger partial charge in [0.1, 0.15) is 11.2 Å². The van der Waals surface area contributed by atoms with E-state index in [4.69, 9.17) is 4.74 Å². The first-order valence-corrected chi connectivity index (χ1v) is 6.13. The second-order valence-electron chi connectivity index (χ2n) is 5.11. The quantitative estimate of drug-likeness (QED) is 0.825. The van der Waals surface area contributed by atoms with E-state index in [1.54, 1.807) is 0 Å². The molecule has 0 aliphatic heterocycles. The number of rotatable bonds is 2. The number of H-pyrrole nitrogens is 1. The second-order valence-corrected chi connectivity index (χ2v) is 5.11. The van der Waals surface area contributed by atoms with Gasteiger partial charge in [-0.25, -0.2) is 4.98 Å². The molecule has 1 N–H and O–H groups in total. The lowest BCUT2D eigenvalue weighted by atomic mass is 10.1. The molecule has 0 spiro atoms. The molecule has 0 saturated heterocycles. The number of methoxy groups -OCH3 is 1. The van der Waals surface area contributed by atoms with Crippen molar-refractivity contribution in [2.75, 3.05) is 7.11 Å². The van der Waals surface area contributed by atoms with Gasteiger partial charge in [-0.1, -0.05) is 0 Å². The molecule has 3 rings (SSSR count). The number of nitrogens with zero attached hydrogens (tertiary/aromatic N) is 1. The van der Waals surface area contributed by atoms with Crippen LogP contribution in [0.1, 0.15) is 29.8 Å². The van der Waals surface area contributed by atoms with Gasteiger partial charge in [0.15, 0.2) is 0 Å². The van der Waals surface area contributed by atoms with Gasteiger partial charge in [0, 0.05) is 0 Å². The van der Waals surface area contributed by atoms with Crippen molar-refractivity contribution in [2.45, 2.75) is 32.1 Å². The van der Waals surface area contributed by atoms with Crippen LogP contribution in [0.15, 0.2) is 12.1 Å². The van der Waals surface area contributed by atoms with Crippen LogP contribution in [0.3, 0.4) is 0 Å². The van der Waals surface area contributed by atoms with Crippen LogP contribution < -0.4 is 0 Å². The van der Waals surface area contributed by atoms with Crippen molar-refractivity contribution >= 4 is 17.0 Å². The maximum atomic E-state index is 11.8. The van der Waals surface area contributed by atoms with Gasteiger partial charge >= 0.3 is 5.97 Å². The number of hydrogen-bond acceptors (Lipinski definition) is 3. The van der Waals surface area contributed by atoms with Crippen molar-refractivity contribution < 1.29 is 9.53 Å². The number of hydrogen-bond donors (Lipinski definition) is 1. The molecule has 1 aromatic heterocycles. The molecule has 0 unspecified atom stereocenters. The first-order valence-electron chi connectivity index (χ1n) is 6.13. The van der Waals surface area contributed by atoms with Gasteiger partial charge in [-0.3, -0.25) is 4.79 Å². The summed E-state index contributed by atoms with van der Waals surface area (Å²) in [5, 5.41) is 0. The van der Waals surface area contributed by atoms with Crippen LogP contribution in [0.25, 0.3) is 11.0 Å². The van der Waals surface area contributed by atoms with Crippen LogP contribution in [0.5, 0.6) is 0 Å². The number of carbonyl (C=O) groups excluding carboxylic acids is 1. The zero-order valence-electron chi connectivity index (χ0n) is 10.8. The predicted octanol–water partition coefficient (Wildman–Crippen LogP) is 2.38. The van der Waals surface area contributed by atoms with E-state index in [2.05, 4.69) is 35.9 Å². The highest BCUT2D eigenvalue weighted by Crippen LogP contribution is 2.48. The highest BCUT2D eigenvalue weighted by molar-refractivity contribution is 5.87. The van der Waals surface area contributed by atoms with Gasteiger partial charge in [-0.05, 0) is 49.9 Å². The average molecular weight is 244 g/mol. The fourth-order valence-electron chi connectivity index (χ4n) is 2.35. The zero-order chi connectivity index (χ0) is 12.9. The molecule has 0 radical (unpaired) electrons. The molecule has 0 atom stereocenters. The first-order chi connectivity index (χ1) is 8.56. The molecule has 1 heterocycles. The summed E-state index contributed by atoms with van der Waals surface area (Å²) in [6, 6.07) is 4.13. The monoisotopic (exact) mass is 244 g/mol. The summed E-state index contributed by atoms with van der Waals surface area (Å²) < 4.78 is 4.88. The van der Waals surface area contributed by atoms with E-state index in [9.17, 15) is 4.79 Å². The van der Waals surface area contributed by atoms with Gasteiger partial charge in [-0.2, -0.15) is 0 Å². The fraction of sp³-hybridized carbons (Fsp3) is 0.429. The summed E-state index contributed by atoms with van der Waals surface area (Å²) in [4.78, 5) is 19.7. The number of ether oxygens (including phenoxy) is 1. The van der Waals surface area contributed by atoms with Crippen molar-refractivity contribution in [2.24, 2.45) is 0 Å². The minimum atomic E-state index is -0.518. The summed E-state index contributed by atoms with van der Waals surface area (Å²) in [7, 11) is 1.43. The van der Waals surface area contributed by atoms with Crippen LogP contribution in [0, 0.1) is 13.8 Å². The van der Waals surface area contributed by atoms with Crippen molar-refractivity contribution in [3.05, 3.63) is 29.1 Å². The van der Waals surface area contributed by atoms with Crippen molar-refractivity contribution in [1.29, 1.82) is 0 Å². The standard InChI is InChI=1S/C14H16N2O2/c1-8-6-10-11(7-9(8)2)16-12(15-10)14(4-5-14)13(17)18-3/h6-7H,4-5H2,1-3H3,(H,15,16). The lowest BCUT2D eigenvalue weighted by Crippen LogP contribution is -2.23. The number of nitrogens with one attached hydrogen (secondary N) is 1. The van der Waals surface area contributed by atoms with Gasteiger partial charge in [-0.15, -0.1) is 0 Å². The van der Waals surface area contributed by atoms with E-state index in [1.807, 2.05) is 0 Å². The third kappa shape index (κ3) is 1.45. The SMILES string of the molecule is COC(=O)C1(c2nc3cc(C)c(C)cc3[nH]2)CC1. The molecular formula is C14H16N2O2. The van der Waals surface area contributed by atoms with Crippen LogP contribution >= 0.6 is 0 Å². The first kappa shape index (κ1) is 11.3. The maximum absolute atomic E-state index is 11.8. The van der Waals surface area contributed by atoms with Gasteiger partial charge < -0.3 is 9.72 Å². The number of aryl methyl sites for hydroxylation is 2. The minimum Gasteiger partial charge on any atom is -0.468 e. The Morgan fingerprint density at radius 2 is 2.00 bits per heavy atom.